The number of aliphatic hydroxyl groups excluding tert-OH is 1. The lowest BCUT2D eigenvalue weighted by Crippen LogP contribution is -2.21. The van der Waals surface area contributed by atoms with Crippen LogP contribution in [0.3, 0.4) is 0 Å². The van der Waals surface area contributed by atoms with Gasteiger partial charge < -0.3 is 25.0 Å². The van der Waals surface area contributed by atoms with Crippen LogP contribution in [0, 0.1) is 0 Å². The number of benzene rings is 2. The number of hydrogen-bond acceptors (Lipinski definition) is 7. The molecule has 0 radical (unpaired) electrons. The first kappa shape index (κ1) is 24.1. The van der Waals surface area contributed by atoms with Gasteiger partial charge in [-0.05, 0) is 29.7 Å². The number of carbonyl (C=O) groups is 1. The van der Waals surface area contributed by atoms with Gasteiger partial charge in [-0.1, -0.05) is 23.5 Å². The predicted octanol–water partition coefficient (Wildman–Crippen LogP) is 4.86. The van der Waals surface area contributed by atoms with Gasteiger partial charge >= 0.3 is 18.7 Å². The first-order valence-electron chi connectivity index (χ1n) is 8.64. The first-order chi connectivity index (χ1) is 15.2. The van der Waals surface area contributed by atoms with E-state index < -0.39 is 46.7 Å². The Balaban J connectivity index is 2.06. The Morgan fingerprint density at radius 2 is 1.55 bits per heavy atom. The normalized spacial score (nSPS) is 12.9. The molecule has 0 aliphatic rings. The van der Waals surface area contributed by atoms with Gasteiger partial charge in [-0.25, -0.2) is 4.79 Å². The molecule has 0 aliphatic heterocycles. The quantitative estimate of drug-likeness (QED) is 0.331. The van der Waals surface area contributed by atoms with Crippen LogP contribution in [-0.2, 0) is 0 Å². The van der Waals surface area contributed by atoms with Crippen molar-refractivity contribution in [1.82, 2.24) is 0 Å². The molecule has 3 N–H and O–H groups in total. The first-order valence-corrected chi connectivity index (χ1v) is 9.45. The summed E-state index contributed by atoms with van der Waals surface area (Å²) in [6.07, 6.45) is -12.5. The lowest BCUT2D eigenvalue weighted by atomic mass is 10.1. The molecule has 0 bridgehead atoms. The Labute approximate surface area is 183 Å². The molecule has 7 nitrogen and oxygen atoms in total. The van der Waals surface area contributed by atoms with Crippen molar-refractivity contribution in [1.29, 1.82) is 0 Å². The van der Waals surface area contributed by atoms with Crippen LogP contribution in [-0.4, -0.2) is 28.9 Å². The largest absolute Gasteiger partial charge is 0.573 e. The number of aromatic carboxylic acids is 1. The molecular weight excluding hydrogens is 484 g/mol. The van der Waals surface area contributed by atoms with E-state index in [1.165, 1.54) is 24.3 Å². The van der Waals surface area contributed by atoms with Crippen molar-refractivity contribution in [3.8, 4) is 11.5 Å². The minimum atomic E-state index is -5.34. The van der Waals surface area contributed by atoms with Crippen LogP contribution in [0.15, 0.2) is 47.3 Å². The molecule has 3 aromatic rings. The van der Waals surface area contributed by atoms with Crippen LogP contribution in [0.4, 0.5) is 32.0 Å². The standard InChI is InChI=1S/C19H11F6NO6S/c20-18(21,22)31-12-6-8-5-10(15(27)26-11-4-2-1-3-9(11)16(28)29)17(30)33-14(8)7-13(12)32-19(23,24)25/h1-7,15,26-27H,(H,28,29). The summed E-state index contributed by atoms with van der Waals surface area (Å²) in [7, 11) is 0. The number of anilines is 1. The molecule has 0 amide bonds. The Hall–Kier alpha value is -3.52. The monoisotopic (exact) mass is 495 g/mol. The van der Waals surface area contributed by atoms with E-state index in [1.54, 1.807) is 0 Å². The predicted molar refractivity (Wildman–Crippen MR) is 103 cm³/mol. The third-order valence-corrected chi connectivity index (χ3v) is 5.02. The molecule has 0 saturated carbocycles. The van der Waals surface area contributed by atoms with Crippen molar-refractivity contribution in [3.05, 3.63) is 63.1 Å². The Morgan fingerprint density at radius 1 is 0.970 bits per heavy atom. The summed E-state index contributed by atoms with van der Waals surface area (Å²) >= 11 is 0.329. The number of hydrogen-bond donors (Lipinski definition) is 3. The van der Waals surface area contributed by atoms with Crippen molar-refractivity contribution in [2.24, 2.45) is 0 Å². The number of rotatable bonds is 6. The summed E-state index contributed by atoms with van der Waals surface area (Å²) in [5.41, 5.74) is -0.685. The number of nitrogens with one attached hydrogen (secondary N) is 1. The molecule has 176 valence electrons. The molecule has 2 aromatic carbocycles. The molecule has 3 rings (SSSR count). The fourth-order valence-corrected chi connectivity index (χ4v) is 3.65. The topological polar surface area (TPSA) is 105 Å². The van der Waals surface area contributed by atoms with Crippen molar-refractivity contribution in [3.63, 3.8) is 0 Å². The number of alkyl halides is 6. The number of carboxylic acid groups (broad SMARTS) is 1. The Morgan fingerprint density at radius 3 is 2.12 bits per heavy atom. The Bertz CT molecular complexity index is 1260. The van der Waals surface area contributed by atoms with Crippen molar-refractivity contribution in [2.75, 3.05) is 5.32 Å². The maximum absolute atomic E-state index is 12.7. The second-order valence-corrected chi connectivity index (χ2v) is 7.33. The summed E-state index contributed by atoms with van der Waals surface area (Å²) in [5, 5.41) is 21.8. The second-order valence-electron chi connectivity index (χ2n) is 6.32. The molecule has 1 atom stereocenters. The number of para-hydroxylation sites is 1. The zero-order chi connectivity index (χ0) is 24.6. The van der Waals surface area contributed by atoms with Crippen LogP contribution in [0.5, 0.6) is 11.5 Å². The molecular formula is C19H11F6NO6S. The minimum Gasteiger partial charge on any atom is -0.478 e. The number of ether oxygens (including phenoxy) is 2. The molecule has 0 aliphatic carbocycles. The highest BCUT2D eigenvalue weighted by Crippen LogP contribution is 2.39. The number of carboxylic acids is 1. The van der Waals surface area contributed by atoms with Crippen molar-refractivity contribution in [2.45, 2.75) is 19.0 Å². The van der Waals surface area contributed by atoms with E-state index in [0.29, 0.717) is 23.5 Å². The second kappa shape index (κ2) is 8.78. The zero-order valence-corrected chi connectivity index (χ0v) is 16.6. The van der Waals surface area contributed by atoms with E-state index in [1.807, 2.05) is 0 Å². The lowest BCUT2D eigenvalue weighted by molar-refractivity contribution is -0.287. The van der Waals surface area contributed by atoms with E-state index in [2.05, 4.69) is 14.8 Å². The summed E-state index contributed by atoms with van der Waals surface area (Å²) in [6, 6.07) is 7.46. The fourth-order valence-electron chi connectivity index (χ4n) is 2.76. The summed E-state index contributed by atoms with van der Waals surface area (Å²) in [4.78, 5) is 23.7. The zero-order valence-electron chi connectivity index (χ0n) is 15.8. The van der Waals surface area contributed by atoms with Crippen LogP contribution in [0.25, 0.3) is 10.1 Å². The molecule has 0 spiro atoms. The van der Waals surface area contributed by atoms with Crippen LogP contribution >= 0.6 is 11.3 Å². The fraction of sp³-hybridized carbons (Fsp3) is 0.158. The smallest absolute Gasteiger partial charge is 0.478 e. The number of fused-ring (bicyclic) bond motifs is 1. The van der Waals surface area contributed by atoms with E-state index in [-0.39, 0.29) is 21.3 Å². The van der Waals surface area contributed by atoms with Gasteiger partial charge in [0.25, 0.3) is 0 Å². The van der Waals surface area contributed by atoms with Crippen LogP contribution < -0.4 is 19.5 Å². The van der Waals surface area contributed by atoms with E-state index in [9.17, 15) is 46.1 Å². The highest BCUT2D eigenvalue weighted by Gasteiger charge is 2.37. The summed E-state index contributed by atoms with van der Waals surface area (Å²) in [6.45, 7) is 0. The third kappa shape index (κ3) is 6.04. The van der Waals surface area contributed by atoms with Gasteiger partial charge in [-0.15, -0.1) is 26.3 Å². The molecule has 33 heavy (non-hydrogen) atoms. The molecule has 0 fully saturated rings. The Kier molecular flexibility index (Phi) is 6.42. The highest BCUT2D eigenvalue weighted by atomic mass is 32.1. The molecule has 0 saturated heterocycles. The molecule has 14 heteroatoms. The van der Waals surface area contributed by atoms with Gasteiger partial charge in [0.1, 0.15) is 0 Å². The van der Waals surface area contributed by atoms with Gasteiger partial charge in [-0.2, -0.15) is 0 Å². The number of halogens is 6. The third-order valence-electron chi connectivity index (χ3n) is 4.02. The van der Waals surface area contributed by atoms with Crippen LogP contribution in [0.1, 0.15) is 22.1 Å². The minimum absolute atomic E-state index is 0.0583. The average Bonchev–Trinajstić information content (AvgIpc) is 2.66. The summed E-state index contributed by atoms with van der Waals surface area (Å²) in [5.74, 6) is -3.97. The maximum Gasteiger partial charge on any atom is 0.573 e. The van der Waals surface area contributed by atoms with E-state index in [4.69, 9.17) is 0 Å². The van der Waals surface area contributed by atoms with Gasteiger partial charge in [0, 0.05) is 10.8 Å². The highest BCUT2D eigenvalue weighted by molar-refractivity contribution is 7.16. The molecule has 1 aromatic heterocycles. The van der Waals surface area contributed by atoms with Gasteiger partial charge in [0.2, 0.25) is 4.74 Å². The lowest BCUT2D eigenvalue weighted by Gasteiger charge is -2.18. The van der Waals surface area contributed by atoms with Crippen molar-refractivity contribution < 1.29 is 50.8 Å². The van der Waals surface area contributed by atoms with Crippen molar-refractivity contribution >= 4 is 33.1 Å². The summed E-state index contributed by atoms with van der Waals surface area (Å²) < 4.78 is 82.0. The molecule has 1 unspecified atom stereocenters. The van der Waals surface area contributed by atoms with Gasteiger partial charge in [-0.3, -0.25) is 4.79 Å². The van der Waals surface area contributed by atoms with Gasteiger partial charge in [0.15, 0.2) is 17.7 Å². The molecule has 1 heterocycles. The van der Waals surface area contributed by atoms with Crippen LogP contribution in [0.2, 0.25) is 0 Å². The average molecular weight is 495 g/mol. The van der Waals surface area contributed by atoms with Gasteiger partial charge in [0.05, 0.1) is 16.8 Å². The van der Waals surface area contributed by atoms with E-state index in [0.717, 1.165) is 6.07 Å². The SMILES string of the molecule is O=C(O)c1ccccc1NC(O)c1cc2cc(OC(F)(F)F)c(OC(F)(F)F)cc2sc1=O. The van der Waals surface area contributed by atoms with E-state index >= 15 is 0 Å². The number of aliphatic hydroxyl groups is 1. The maximum atomic E-state index is 12.7.